The zero-order valence-electron chi connectivity index (χ0n) is 15.9. The van der Waals surface area contributed by atoms with Gasteiger partial charge in [0.15, 0.2) is 11.5 Å². The number of imidazole rings is 1. The molecule has 0 saturated heterocycles. The Kier molecular flexibility index (Phi) is 4.73. The van der Waals surface area contributed by atoms with Crippen molar-refractivity contribution in [2.24, 2.45) is 7.05 Å². The number of rotatable bonds is 4. The van der Waals surface area contributed by atoms with Crippen LogP contribution in [0.5, 0.6) is 11.5 Å². The van der Waals surface area contributed by atoms with Gasteiger partial charge < -0.3 is 19.0 Å². The molecule has 0 saturated carbocycles. The third kappa shape index (κ3) is 3.01. The Morgan fingerprint density at radius 2 is 1.79 bits per heavy atom. The third-order valence-corrected chi connectivity index (χ3v) is 5.34. The Morgan fingerprint density at radius 3 is 2.50 bits per heavy atom. The van der Waals surface area contributed by atoms with E-state index in [1.807, 2.05) is 36.9 Å². The van der Waals surface area contributed by atoms with Crippen molar-refractivity contribution in [1.29, 1.82) is 0 Å². The Morgan fingerprint density at radius 1 is 1.00 bits per heavy atom. The molecule has 0 aliphatic heterocycles. The van der Waals surface area contributed by atoms with E-state index < -0.39 is 0 Å². The molecule has 0 aliphatic carbocycles. The van der Waals surface area contributed by atoms with Crippen LogP contribution >= 0.6 is 23.2 Å². The number of ether oxygens (including phenoxy) is 2. The Balaban J connectivity index is 1.91. The highest BCUT2D eigenvalue weighted by Crippen LogP contribution is 2.41. The average Bonchev–Trinajstić information content (AvgIpc) is 3.20. The summed E-state index contributed by atoms with van der Waals surface area (Å²) in [5.74, 6) is 1.85. The summed E-state index contributed by atoms with van der Waals surface area (Å²) in [7, 11) is 5.12. The van der Waals surface area contributed by atoms with Crippen molar-refractivity contribution in [3.63, 3.8) is 0 Å². The van der Waals surface area contributed by atoms with Gasteiger partial charge in [0.05, 0.1) is 35.7 Å². The number of nitrogens with zero attached hydrogens (tertiary/aromatic N) is 2. The Labute approximate surface area is 172 Å². The number of fused-ring (bicyclic) bond motifs is 1. The highest BCUT2D eigenvalue weighted by molar-refractivity contribution is 6.35. The average molecular weight is 416 g/mol. The summed E-state index contributed by atoms with van der Waals surface area (Å²) in [5.41, 5.74) is 4.57. The number of hydrogen-bond donors (Lipinski definition) is 1. The Bertz CT molecular complexity index is 1190. The quantitative estimate of drug-likeness (QED) is 0.453. The maximum atomic E-state index is 6.41. The van der Waals surface area contributed by atoms with Crippen molar-refractivity contribution in [3.05, 3.63) is 52.4 Å². The molecular weight excluding hydrogens is 397 g/mol. The fourth-order valence-electron chi connectivity index (χ4n) is 3.46. The van der Waals surface area contributed by atoms with Crippen LogP contribution in [0.1, 0.15) is 5.82 Å². The minimum Gasteiger partial charge on any atom is -0.493 e. The van der Waals surface area contributed by atoms with Gasteiger partial charge >= 0.3 is 0 Å². The fourth-order valence-corrected chi connectivity index (χ4v) is 4.05. The molecule has 0 unspecified atom stereocenters. The molecule has 2 aromatic heterocycles. The van der Waals surface area contributed by atoms with E-state index in [4.69, 9.17) is 32.7 Å². The molecule has 144 valence electrons. The molecule has 2 heterocycles. The van der Waals surface area contributed by atoms with Crippen molar-refractivity contribution < 1.29 is 9.47 Å². The molecule has 1 N–H and O–H groups in total. The predicted molar refractivity (Wildman–Crippen MR) is 114 cm³/mol. The van der Waals surface area contributed by atoms with E-state index in [1.54, 1.807) is 14.2 Å². The van der Waals surface area contributed by atoms with E-state index in [1.165, 1.54) is 0 Å². The molecule has 4 aromatic rings. The van der Waals surface area contributed by atoms with Gasteiger partial charge in [0.25, 0.3) is 0 Å². The van der Waals surface area contributed by atoms with Gasteiger partial charge in [-0.3, -0.25) is 0 Å². The normalized spacial score (nSPS) is 11.2. The molecule has 28 heavy (non-hydrogen) atoms. The van der Waals surface area contributed by atoms with Crippen LogP contribution in [0.3, 0.4) is 0 Å². The summed E-state index contributed by atoms with van der Waals surface area (Å²) >= 11 is 12.8. The van der Waals surface area contributed by atoms with E-state index in [-0.39, 0.29) is 0 Å². The lowest BCUT2D eigenvalue weighted by molar-refractivity contribution is 0.355. The van der Waals surface area contributed by atoms with Crippen molar-refractivity contribution >= 4 is 34.1 Å². The lowest BCUT2D eigenvalue weighted by atomic mass is 10.0. The molecule has 4 rings (SSSR count). The summed E-state index contributed by atoms with van der Waals surface area (Å²) < 4.78 is 12.8. The zero-order valence-corrected chi connectivity index (χ0v) is 17.4. The van der Waals surface area contributed by atoms with Crippen molar-refractivity contribution in [2.45, 2.75) is 6.92 Å². The monoisotopic (exact) mass is 415 g/mol. The number of benzene rings is 2. The molecule has 5 nitrogen and oxygen atoms in total. The van der Waals surface area contributed by atoms with Gasteiger partial charge in [-0.15, -0.1) is 0 Å². The molecule has 0 spiro atoms. The molecule has 0 atom stereocenters. The smallest absolute Gasteiger partial charge is 0.179 e. The highest BCUT2D eigenvalue weighted by Gasteiger charge is 2.18. The van der Waals surface area contributed by atoms with E-state index in [9.17, 15) is 0 Å². The number of hydrogen-bond acceptors (Lipinski definition) is 3. The topological polar surface area (TPSA) is 52.1 Å². The number of aromatic amines is 1. The van der Waals surface area contributed by atoms with Crippen LogP contribution in [0.4, 0.5) is 0 Å². The second-order valence-electron chi connectivity index (χ2n) is 6.56. The minimum absolute atomic E-state index is 0.463. The first kappa shape index (κ1) is 18.7. The fraction of sp³-hybridized carbons (Fsp3) is 0.190. The van der Waals surface area contributed by atoms with Gasteiger partial charge in [0.1, 0.15) is 5.82 Å². The van der Waals surface area contributed by atoms with E-state index in [0.717, 1.165) is 39.2 Å². The van der Waals surface area contributed by atoms with Gasteiger partial charge in [-0.2, -0.15) is 0 Å². The standard InChI is InChI=1S/C21H19Cl2N3O2/c1-11-24-19(12-5-6-17-14(7-12)16(23)10-26(17)2)20(25-11)13-8-15(22)21(28-4)18(9-13)27-3/h5-10H,1-4H3,(H,24,25). The van der Waals surface area contributed by atoms with Crippen LogP contribution in [0.2, 0.25) is 10.0 Å². The Hall–Kier alpha value is -2.63. The van der Waals surface area contributed by atoms with Gasteiger partial charge in [0.2, 0.25) is 0 Å². The van der Waals surface area contributed by atoms with Gasteiger partial charge in [0, 0.05) is 35.3 Å². The van der Waals surface area contributed by atoms with Crippen molar-refractivity contribution in [1.82, 2.24) is 14.5 Å². The summed E-state index contributed by atoms with van der Waals surface area (Å²) in [5, 5.41) is 2.17. The van der Waals surface area contributed by atoms with E-state index >= 15 is 0 Å². The van der Waals surface area contributed by atoms with E-state index in [0.29, 0.717) is 21.5 Å². The number of methoxy groups -OCH3 is 2. The first-order valence-electron chi connectivity index (χ1n) is 8.66. The van der Waals surface area contributed by atoms with Crippen LogP contribution in [0, 0.1) is 6.92 Å². The number of nitrogens with one attached hydrogen (secondary N) is 1. The first-order valence-corrected chi connectivity index (χ1v) is 9.42. The van der Waals surface area contributed by atoms with Crippen LogP contribution in [0.15, 0.2) is 36.5 Å². The highest BCUT2D eigenvalue weighted by atomic mass is 35.5. The summed E-state index contributed by atoms with van der Waals surface area (Å²) in [6.07, 6.45) is 1.91. The maximum absolute atomic E-state index is 6.41. The van der Waals surface area contributed by atoms with Crippen LogP contribution in [-0.2, 0) is 7.05 Å². The van der Waals surface area contributed by atoms with Crippen molar-refractivity contribution in [2.75, 3.05) is 14.2 Å². The SMILES string of the molecule is COc1cc(-c2nc(C)[nH]c2-c2ccc3c(c2)c(Cl)cn3C)cc(Cl)c1OC. The summed E-state index contributed by atoms with van der Waals surface area (Å²) in [6.45, 7) is 1.92. The largest absolute Gasteiger partial charge is 0.493 e. The van der Waals surface area contributed by atoms with Gasteiger partial charge in [-0.1, -0.05) is 29.3 Å². The van der Waals surface area contributed by atoms with Gasteiger partial charge in [-0.25, -0.2) is 4.98 Å². The predicted octanol–water partition coefficient (Wildman–Crippen LogP) is 5.87. The summed E-state index contributed by atoms with van der Waals surface area (Å²) in [6, 6.07) is 9.87. The van der Waals surface area contributed by atoms with Crippen LogP contribution in [-0.4, -0.2) is 28.8 Å². The van der Waals surface area contributed by atoms with Crippen LogP contribution < -0.4 is 9.47 Å². The molecule has 0 bridgehead atoms. The minimum atomic E-state index is 0.463. The zero-order chi connectivity index (χ0) is 20.0. The van der Waals surface area contributed by atoms with Crippen molar-refractivity contribution in [3.8, 4) is 34.0 Å². The number of halogens is 2. The molecule has 0 radical (unpaired) electrons. The maximum Gasteiger partial charge on any atom is 0.179 e. The molecule has 7 heteroatoms. The van der Waals surface area contributed by atoms with Gasteiger partial charge in [-0.05, 0) is 31.2 Å². The second kappa shape index (κ2) is 7.08. The molecule has 0 aliphatic rings. The number of aromatic nitrogens is 3. The third-order valence-electron chi connectivity index (χ3n) is 4.76. The molecule has 0 amide bonds. The second-order valence-corrected chi connectivity index (χ2v) is 7.37. The first-order chi connectivity index (χ1) is 13.4. The molecular formula is C21H19Cl2N3O2. The summed E-state index contributed by atoms with van der Waals surface area (Å²) in [4.78, 5) is 8.05. The number of H-pyrrole nitrogens is 1. The number of aryl methyl sites for hydroxylation is 2. The lowest BCUT2D eigenvalue weighted by Crippen LogP contribution is -1.93. The molecule has 2 aromatic carbocycles. The lowest BCUT2D eigenvalue weighted by Gasteiger charge is -2.12. The van der Waals surface area contributed by atoms with Crippen LogP contribution in [0.25, 0.3) is 33.4 Å². The molecule has 0 fully saturated rings. The van der Waals surface area contributed by atoms with E-state index in [2.05, 4.69) is 28.2 Å².